The molecule has 1 aromatic carbocycles. The van der Waals surface area contributed by atoms with Crippen LogP contribution in [0.5, 0.6) is 0 Å². The van der Waals surface area contributed by atoms with Gasteiger partial charge >= 0.3 is 5.97 Å². The topological polar surface area (TPSA) is 49.3 Å². The highest BCUT2D eigenvalue weighted by Crippen LogP contribution is 2.28. The molecule has 1 aromatic rings. The zero-order valence-corrected chi connectivity index (χ0v) is 12.2. The number of benzene rings is 1. The highest BCUT2D eigenvalue weighted by molar-refractivity contribution is 5.80. The van der Waals surface area contributed by atoms with Crippen LogP contribution in [-0.4, -0.2) is 17.1 Å². The lowest BCUT2D eigenvalue weighted by Gasteiger charge is -2.32. The summed E-state index contributed by atoms with van der Waals surface area (Å²) in [6.07, 6.45) is 6.05. The number of nitrogens with one attached hydrogen (secondary N) is 1. The number of carboxylic acid groups (broad SMARTS) is 1. The van der Waals surface area contributed by atoms with Crippen LogP contribution in [0.4, 0.5) is 8.78 Å². The number of hydrogen-bond donors (Lipinski definition) is 2. The summed E-state index contributed by atoms with van der Waals surface area (Å²) in [5.74, 6) is -3.32. The van der Waals surface area contributed by atoms with E-state index in [4.69, 9.17) is 0 Å². The van der Waals surface area contributed by atoms with Gasteiger partial charge in [0, 0.05) is 11.6 Å². The van der Waals surface area contributed by atoms with Gasteiger partial charge in [-0.2, -0.15) is 0 Å². The third-order valence-electron chi connectivity index (χ3n) is 4.27. The van der Waals surface area contributed by atoms with Gasteiger partial charge in [0.25, 0.3) is 0 Å². The van der Waals surface area contributed by atoms with Crippen molar-refractivity contribution in [1.29, 1.82) is 0 Å². The smallest absolute Gasteiger partial charge is 0.328 e. The predicted octanol–water partition coefficient (Wildman–Crippen LogP) is 3.58. The summed E-state index contributed by atoms with van der Waals surface area (Å²) in [7, 11) is 0. The lowest BCUT2D eigenvalue weighted by atomic mass is 9.89. The van der Waals surface area contributed by atoms with Gasteiger partial charge in [0.1, 0.15) is 5.54 Å². The fourth-order valence-corrected chi connectivity index (χ4v) is 2.98. The molecule has 0 heterocycles. The second-order valence-corrected chi connectivity index (χ2v) is 5.86. The summed E-state index contributed by atoms with van der Waals surface area (Å²) in [5.41, 5.74) is -1.78. The summed E-state index contributed by atoms with van der Waals surface area (Å²) in [6, 6.07) is 3.67. The average molecular weight is 297 g/mol. The largest absolute Gasteiger partial charge is 0.480 e. The molecule has 0 aliphatic heterocycles. The zero-order valence-electron chi connectivity index (χ0n) is 12.2. The predicted molar refractivity (Wildman–Crippen MR) is 76.0 cm³/mol. The maximum atomic E-state index is 14.0. The second kappa shape index (κ2) is 6.52. The molecule has 116 valence electrons. The Morgan fingerprint density at radius 2 is 1.86 bits per heavy atom. The van der Waals surface area contributed by atoms with Crippen LogP contribution in [0.3, 0.4) is 0 Å². The molecule has 5 heteroatoms. The minimum atomic E-state index is -1.62. The van der Waals surface area contributed by atoms with E-state index in [1.165, 1.54) is 19.1 Å². The molecule has 0 amide bonds. The third kappa shape index (κ3) is 3.40. The molecule has 0 saturated heterocycles. The Hall–Kier alpha value is -1.49. The molecule has 0 spiro atoms. The van der Waals surface area contributed by atoms with E-state index in [9.17, 15) is 18.7 Å². The monoisotopic (exact) mass is 297 g/mol. The number of rotatable bonds is 4. The summed E-state index contributed by atoms with van der Waals surface area (Å²) in [5, 5.41) is 12.6. The standard InChI is InChI=1S/C16H21F2NO2/c1-16(15(20)21,12-9-6-10-13(17)14(12)18)19-11-7-4-2-3-5-8-11/h6,9-11,19H,2-5,7-8H2,1H3,(H,20,21). The maximum absolute atomic E-state index is 14.0. The van der Waals surface area contributed by atoms with Crippen molar-refractivity contribution in [2.45, 2.75) is 57.0 Å². The Bertz CT molecular complexity index is 513. The molecule has 0 bridgehead atoms. The highest BCUT2D eigenvalue weighted by Gasteiger charge is 2.39. The van der Waals surface area contributed by atoms with E-state index >= 15 is 0 Å². The van der Waals surface area contributed by atoms with Gasteiger partial charge in [-0.05, 0) is 25.8 Å². The van der Waals surface area contributed by atoms with Crippen molar-refractivity contribution >= 4 is 5.97 Å². The summed E-state index contributed by atoms with van der Waals surface area (Å²) < 4.78 is 27.4. The van der Waals surface area contributed by atoms with Crippen LogP contribution in [0.15, 0.2) is 18.2 Å². The Morgan fingerprint density at radius 3 is 2.43 bits per heavy atom. The van der Waals surface area contributed by atoms with Gasteiger partial charge in [-0.3, -0.25) is 5.32 Å². The molecular formula is C16H21F2NO2. The first-order chi connectivity index (χ1) is 9.95. The highest BCUT2D eigenvalue weighted by atomic mass is 19.2. The van der Waals surface area contributed by atoms with Crippen molar-refractivity contribution in [3.05, 3.63) is 35.4 Å². The summed E-state index contributed by atoms with van der Waals surface area (Å²) in [4.78, 5) is 11.7. The summed E-state index contributed by atoms with van der Waals surface area (Å²) >= 11 is 0. The van der Waals surface area contributed by atoms with Crippen LogP contribution in [0.2, 0.25) is 0 Å². The molecule has 0 radical (unpaired) electrons. The van der Waals surface area contributed by atoms with E-state index in [0.717, 1.165) is 44.6 Å². The quantitative estimate of drug-likeness (QED) is 0.835. The van der Waals surface area contributed by atoms with E-state index in [0.29, 0.717) is 0 Å². The van der Waals surface area contributed by atoms with Crippen molar-refractivity contribution in [3.8, 4) is 0 Å². The first kappa shape index (κ1) is 15.9. The minimum Gasteiger partial charge on any atom is -0.480 e. The van der Waals surface area contributed by atoms with Crippen molar-refractivity contribution < 1.29 is 18.7 Å². The Morgan fingerprint density at radius 1 is 1.24 bits per heavy atom. The Labute approximate surface area is 123 Å². The Balaban J connectivity index is 2.31. The molecule has 1 saturated carbocycles. The van der Waals surface area contributed by atoms with Crippen LogP contribution < -0.4 is 5.32 Å². The number of hydrogen-bond acceptors (Lipinski definition) is 2. The fraction of sp³-hybridized carbons (Fsp3) is 0.562. The van der Waals surface area contributed by atoms with Crippen molar-refractivity contribution in [2.75, 3.05) is 0 Å². The molecule has 2 rings (SSSR count). The number of aliphatic carboxylic acids is 1. The SMILES string of the molecule is CC(NC1CCCCCC1)(C(=O)O)c1cccc(F)c1F. The number of halogens is 2. The molecule has 1 aliphatic carbocycles. The molecule has 1 unspecified atom stereocenters. The normalized spacial score (nSPS) is 19.8. The van der Waals surface area contributed by atoms with Crippen molar-refractivity contribution in [2.24, 2.45) is 0 Å². The third-order valence-corrected chi connectivity index (χ3v) is 4.27. The molecule has 21 heavy (non-hydrogen) atoms. The van der Waals surface area contributed by atoms with Crippen LogP contribution >= 0.6 is 0 Å². The number of carboxylic acids is 1. The fourth-order valence-electron chi connectivity index (χ4n) is 2.98. The van der Waals surface area contributed by atoms with Crippen LogP contribution in [0.1, 0.15) is 51.0 Å². The Kier molecular flexibility index (Phi) is 4.93. The van der Waals surface area contributed by atoms with Crippen molar-refractivity contribution in [3.63, 3.8) is 0 Å². The summed E-state index contributed by atoms with van der Waals surface area (Å²) in [6.45, 7) is 1.40. The molecule has 1 atom stereocenters. The average Bonchev–Trinajstić information content (AvgIpc) is 2.70. The van der Waals surface area contributed by atoms with Crippen molar-refractivity contribution in [1.82, 2.24) is 5.32 Å². The molecular weight excluding hydrogens is 276 g/mol. The number of carbonyl (C=O) groups is 1. The minimum absolute atomic E-state index is 0.0104. The van der Waals surface area contributed by atoms with Crippen LogP contribution in [-0.2, 0) is 10.3 Å². The van der Waals surface area contributed by atoms with Gasteiger partial charge in [0.05, 0.1) is 0 Å². The first-order valence-electron chi connectivity index (χ1n) is 7.40. The molecule has 0 aromatic heterocycles. The molecule has 3 nitrogen and oxygen atoms in total. The van der Waals surface area contributed by atoms with Gasteiger partial charge in [0.2, 0.25) is 0 Å². The van der Waals surface area contributed by atoms with E-state index in [-0.39, 0.29) is 11.6 Å². The lowest BCUT2D eigenvalue weighted by molar-refractivity contribution is -0.145. The van der Waals surface area contributed by atoms with Gasteiger partial charge < -0.3 is 5.11 Å². The maximum Gasteiger partial charge on any atom is 0.328 e. The van der Waals surface area contributed by atoms with Crippen LogP contribution in [0, 0.1) is 11.6 Å². The van der Waals surface area contributed by atoms with Gasteiger partial charge in [-0.1, -0.05) is 37.8 Å². The van der Waals surface area contributed by atoms with Gasteiger partial charge in [-0.15, -0.1) is 0 Å². The van der Waals surface area contributed by atoms with Gasteiger partial charge in [0.15, 0.2) is 11.6 Å². The molecule has 1 fully saturated rings. The van der Waals surface area contributed by atoms with E-state index in [1.54, 1.807) is 0 Å². The zero-order chi connectivity index (χ0) is 15.5. The van der Waals surface area contributed by atoms with E-state index in [2.05, 4.69) is 5.32 Å². The van der Waals surface area contributed by atoms with Gasteiger partial charge in [-0.25, -0.2) is 13.6 Å². The first-order valence-corrected chi connectivity index (χ1v) is 7.40. The molecule has 1 aliphatic rings. The second-order valence-electron chi connectivity index (χ2n) is 5.86. The lowest BCUT2D eigenvalue weighted by Crippen LogP contribution is -2.51. The van der Waals surface area contributed by atoms with Crippen LogP contribution in [0.25, 0.3) is 0 Å². The van der Waals surface area contributed by atoms with E-state index < -0.39 is 23.1 Å². The van der Waals surface area contributed by atoms with E-state index in [1.807, 2.05) is 0 Å². The molecule has 2 N–H and O–H groups in total.